The van der Waals surface area contributed by atoms with Gasteiger partial charge in [-0.2, -0.15) is 0 Å². The third-order valence-electron chi connectivity index (χ3n) is 2.84. The summed E-state index contributed by atoms with van der Waals surface area (Å²) in [7, 11) is 0. The molecule has 0 saturated carbocycles. The van der Waals surface area contributed by atoms with Crippen LogP contribution >= 0.6 is 0 Å². The van der Waals surface area contributed by atoms with Gasteiger partial charge in [-0.3, -0.25) is 0 Å². The SMILES string of the molecule is C=C(C)C1CC2=C(O1)C(C)(OCC)OC2=O. The lowest BCUT2D eigenvalue weighted by atomic mass is 10.1. The molecule has 0 N–H and O–H groups in total. The first kappa shape index (κ1) is 11.2. The molecule has 0 radical (unpaired) electrons. The maximum Gasteiger partial charge on any atom is 0.340 e. The van der Waals surface area contributed by atoms with Crippen LogP contribution in [0.5, 0.6) is 0 Å². The van der Waals surface area contributed by atoms with E-state index < -0.39 is 5.79 Å². The summed E-state index contributed by atoms with van der Waals surface area (Å²) in [5, 5.41) is 0. The van der Waals surface area contributed by atoms with Crippen molar-refractivity contribution in [3.05, 3.63) is 23.5 Å². The Bertz CT molecular complexity index is 382. The summed E-state index contributed by atoms with van der Waals surface area (Å²) in [6, 6.07) is 0. The number of cyclic esters (lactones) is 1. The van der Waals surface area contributed by atoms with Crippen molar-refractivity contribution in [3.63, 3.8) is 0 Å². The van der Waals surface area contributed by atoms with E-state index in [0.29, 0.717) is 24.4 Å². The summed E-state index contributed by atoms with van der Waals surface area (Å²) in [6.07, 6.45) is 0.407. The fourth-order valence-electron chi connectivity index (χ4n) is 2.02. The lowest BCUT2D eigenvalue weighted by Crippen LogP contribution is -2.34. The molecule has 0 aromatic carbocycles. The first-order chi connectivity index (χ1) is 7.48. The zero-order valence-corrected chi connectivity index (χ0v) is 9.83. The summed E-state index contributed by atoms with van der Waals surface area (Å²) in [4.78, 5) is 11.6. The standard InChI is InChI=1S/C12H16O4/c1-5-14-12(4)10-8(11(13)16-12)6-9(15-10)7(2)3/h9H,2,5-6H2,1,3-4H3. The second kappa shape index (κ2) is 3.63. The zero-order chi connectivity index (χ0) is 11.9. The van der Waals surface area contributed by atoms with E-state index in [0.717, 1.165) is 5.57 Å². The molecule has 2 rings (SSSR count). The molecule has 2 atom stereocenters. The van der Waals surface area contributed by atoms with E-state index in [4.69, 9.17) is 14.2 Å². The van der Waals surface area contributed by atoms with E-state index in [9.17, 15) is 4.79 Å². The molecule has 0 fully saturated rings. The lowest BCUT2D eigenvalue weighted by Gasteiger charge is -2.27. The molecule has 0 spiro atoms. The molecule has 2 aliphatic rings. The van der Waals surface area contributed by atoms with E-state index in [2.05, 4.69) is 6.58 Å². The molecule has 0 aromatic heterocycles. The molecule has 4 heteroatoms. The van der Waals surface area contributed by atoms with Gasteiger partial charge in [-0.15, -0.1) is 0 Å². The van der Waals surface area contributed by atoms with Crippen LogP contribution in [0.25, 0.3) is 0 Å². The van der Waals surface area contributed by atoms with Gasteiger partial charge in [0.2, 0.25) is 0 Å². The fourth-order valence-corrected chi connectivity index (χ4v) is 2.02. The highest BCUT2D eigenvalue weighted by molar-refractivity contribution is 5.93. The van der Waals surface area contributed by atoms with Crippen LogP contribution in [0, 0.1) is 0 Å². The summed E-state index contributed by atoms with van der Waals surface area (Å²) in [5.74, 6) is -0.868. The lowest BCUT2D eigenvalue weighted by molar-refractivity contribution is -0.207. The van der Waals surface area contributed by atoms with Crippen LogP contribution in [-0.4, -0.2) is 24.5 Å². The molecule has 16 heavy (non-hydrogen) atoms. The summed E-state index contributed by atoms with van der Waals surface area (Å²) in [5.41, 5.74) is 1.49. The predicted octanol–water partition coefficient (Wildman–Crippen LogP) is 1.92. The van der Waals surface area contributed by atoms with Gasteiger partial charge >= 0.3 is 5.97 Å². The number of rotatable bonds is 3. The Morgan fingerprint density at radius 3 is 2.94 bits per heavy atom. The Morgan fingerprint density at radius 2 is 2.38 bits per heavy atom. The molecule has 0 aliphatic carbocycles. The van der Waals surface area contributed by atoms with Crippen molar-refractivity contribution >= 4 is 5.97 Å². The van der Waals surface area contributed by atoms with Crippen LogP contribution in [0.3, 0.4) is 0 Å². The van der Waals surface area contributed by atoms with Gasteiger partial charge in [0.1, 0.15) is 6.10 Å². The van der Waals surface area contributed by atoms with Gasteiger partial charge in [-0.25, -0.2) is 4.79 Å². The molecule has 88 valence electrons. The highest BCUT2D eigenvalue weighted by atomic mass is 16.7. The molecule has 0 bridgehead atoms. The van der Waals surface area contributed by atoms with Gasteiger partial charge < -0.3 is 14.2 Å². The van der Waals surface area contributed by atoms with Crippen molar-refractivity contribution in [2.24, 2.45) is 0 Å². The van der Waals surface area contributed by atoms with E-state index in [-0.39, 0.29) is 12.1 Å². The molecule has 4 nitrogen and oxygen atoms in total. The molecule has 2 heterocycles. The monoisotopic (exact) mass is 224 g/mol. The van der Waals surface area contributed by atoms with E-state index >= 15 is 0 Å². The minimum absolute atomic E-state index is 0.127. The Labute approximate surface area is 94.9 Å². The van der Waals surface area contributed by atoms with Crippen LogP contribution in [0.1, 0.15) is 27.2 Å². The van der Waals surface area contributed by atoms with Gasteiger partial charge in [0.25, 0.3) is 5.79 Å². The van der Waals surface area contributed by atoms with Crippen LogP contribution in [-0.2, 0) is 19.0 Å². The van der Waals surface area contributed by atoms with Crippen LogP contribution in [0.4, 0.5) is 0 Å². The van der Waals surface area contributed by atoms with Gasteiger partial charge in [0.15, 0.2) is 5.76 Å². The molecule has 2 aliphatic heterocycles. The largest absolute Gasteiger partial charge is 0.483 e. The van der Waals surface area contributed by atoms with Crippen molar-refractivity contribution in [1.82, 2.24) is 0 Å². The van der Waals surface area contributed by atoms with Crippen molar-refractivity contribution in [1.29, 1.82) is 0 Å². The smallest absolute Gasteiger partial charge is 0.340 e. The number of hydrogen-bond acceptors (Lipinski definition) is 4. The molecular weight excluding hydrogens is 208 g/mol. The van der Waals surface area contributed by atoms with E-state index in [1.165, 1.54) is 0 Å². The quantitative estimate of drug-likeness (QED) is 0.542. The van der Waals surface area contributed by atoms with Gasteiger partial charge in [0, 0.05) is 20.0 Å². The Hall–Kier alpha value is -1.29. The first-order valence-corrected chi connectivity index (χ1v) is 5.41. The average molecular weight is 224 g/mol. The second-order valence-corrected chi connectivity index (χ2v) is 4.23. The molecule has 0 amide bonds. The number of carbonyl (C=O) groups is 1. The van der Waals surface area contributed by atoms with Gasteiger partial charge in [-0.05, 0) is 19.4 Å². The highest BCUT2D eigenvalue weighted by Gasteiger charge is 2.51. The van der Waals surface area contributed by atoms with E-state index in [1.807, 2.05) is 13.8 Å². The predicted molar refractivity (Wildman–Crippen MR) is 57.5 cm³/mol. The molecule has 0 saturated heterocycles. The molecular formula is C12H16O4. The van der Waals surface area contributed by atoms with Gasteiger partial charge in [0.05, 0.1) is 5.57 Å². The van der Waals surface area contributed by atoms with Crippen molar-refractivity contribution in [2.75, 3.05) is 6.61 Å². The third kappa shape index (κ3) is 1.53. The minimum atomic E-state index is -1.05. The number of ether oxygens (including phenoxy) is 3. The van der Waals surface area contributed by atoms with Crippen molar-refractivity contribution in [2.45, 2.75) is 39.1 Å². The topological polar surface area (TPSA) is 44.8 Å². The summed E-state index contributed by atoms with van der Waals surface area (Å²) >= 11 is 0. The zero-order valence-electron chi connectivity index (χ0n) is 9.83. The van der Waals surface area contributed by atoms with E-state index in [1.54, 1.807) is 6.92 Å². The third-order valence-corrected chi connectivity index (χ3v) is 2.84. The maximum atomic E-state index is 11.6. The fraction of sp³-hybridized carbons (Fsp3) is 0.583. The van der Waals surface area contributed by atoms with Crippen LogP contribution in [0.2, 0.25) is 0 Å². The average Bonchev–Trinajstić information content (AvgIpc) is 2.69. The summed E-state index contributed by atoms with van der Waals surface area (Å²) in [6.45, 7) is 9.74. The first-order valence-electron chi connectivity index (χ1n) is 5.41. The highest BCUT2D eigenvalue weighted by Crippen LogP contribution is 2.43. The van der Waals surface area contributed by atoms with Gasteiger partial charge in [-0.1, -0.05) is 6.58 Å². The number of carbonyl (C=O) groups excluding carboxylic acids is 1. The number of hydrogen-bond donors (Lipinski definition) is 0. The van der Waals surface area contributed by atoms with Crippen molar-refractivity contribution < 1.29 is 19.0 Å². The van der Waals surface area contributed by atoms with Crippen LogP contribution < -0.4 is 0 Å². The Morgan fingerprint density at radius 1 is 1.69 bits per heavy atom. The van der Waals surface area contributed by atoms with Crippen molar-refractivity contribution in [3.8, 4) is 0 Å². The Balaban J connectivity index is 2.25. The second-order valence-electron chi connectivity index (χ2n) is 4.23. The summed E-state index contributed by atoms with van der Waals surface area (Å²) < 4.78 is 16.3. The Kier molecular flexibility index (Phi) is 2.54. The number of esters is 1. The normalized spacial score (nSPS) is 32.4. The van der Waals surface area contributed by atoms with Crippen LogP contribution in [0.15, 0.2) is 23.5 Å². The maximum absolute atomic E-state index is 11.6. The molecule has 2 unspecified atom stereocenters. The minimum Gasteiger partial charge on any atom is -0.483 e. The molecule has 0 aromatic rings.